The molecule has 0 amide bonds. The summed E-state index contributed by atoms with van der Waals surface area (Å²) >= 11 is 0. The highest BCUT2D eigenvalue weighted by Gasteiger charge is 2.38. The highest BCUT2D eigenvalue weighted by molar-refractivity contribution is 5.84. The molecule has 10 heteroatoms. The molecule has 4 aromatic rings. The number of ether oxygens (including phenoxy) is 2. The molecule has 2 aliphatic rings. The van der Waals surface area contributed by atoms with E-state index in [4.69, 9.17) is 25.1 Å². The van der Waals surface area contributed by atoms with E-state index in [9.17, 15) is 22.8 Å². The summed E-state index contributed by atoms with van der Waals surface area (Å²) in [5.74, 6) is -3.97. The number of benzene rings is 4. The predicted molar refractivity (Wildman–Crippen MR) is 156 cm³/mol. The lowest BCUT2D eigenvalue weighted by Crippen LogP contribution is -2.36. The molecule has 2 aliphatic carbocycles. The fraction of sp³-hybridized carbons (Fsp3) is 0.206. The van der Waals surface area contributed by atoms with Crippen molar-refractivity contribution in [3.8, 4) is 22.3 Å². The summed E-state index contributed by atoms with van der Waals surface area (Å²) in [6.45, 7) is 0.371. The third kappa shape index (κ3) is 6.35. The third-order valence-electron chi connectivity index (χ3n) is 7.66. The van der Waals surface area contributed by atoms with E-state index in [1.807, 2.05) is 48.5 Å². The van der Waals surface area contributed by atoms with Crippen LogP contribution in [0, 0.1) is 0 Å². The second-order valence-electron chi connectivity index (χ2n) is 10.4. The van der Waals surface area contributed by atoms with E-state index in [-0.39, 0.29) is 31.5 Å². The molecule has 4 aromatic carbocycles. The summed E-state index contributed by atoms with van der Waals surface area (Å²) in [5.41, 5.74) is 15.2. The molecule has 0 aromatic heterocycles. The molecule has 0 heterocycles. The van der Waals surface area contributed by atoms with Crippen LogP contribution in [-0.4, -0.2) is 48.4 Å². The zero-order valence-electron chi connectivity index (χ0n) is 23.3. The van der Waals surface area contributed by atoms with Gasteiger partial charge in [0.25, 0.3) is 0 Å². The first-order valence-corrected chi connectivity index (χ1v) is 13.8. The molecule has 0 fully saturated rings. The Hall–Kier alpha value is -4.96. The van der Waals surface area contributed by atoms with Gasteiger partial charge in [-0.05, 0) is 44.5 Å². The van der Waals surface area contributed by atoms with Crippen molar-refractivity contribution in [1.29, 1.82) is 0 Å². The van der Waals surface area contributed by atoms with E-state index in [0.717, 1.165) is 44.5 Å². The summed E-state index contributed by atoms with van der Waals surface area (Å²) in [4.78, 5) is 34.2. The van der Waals surface area contributed by atoms with Crippen molar-refractivity contribution in [1.82, 2.24) is 0 Å². The number of alkyl halides is 3. The van der Waals surface area contributed by atoms with E-state index in [1.54, 1.807) is 0 Å². The average molecular weight is 604 g/mol. The molecule has 226 valence electrons. The minimum atomic E-state index is -5.08. The van der Waals surface area contributed by atoms with Crippen molar-refractivity contribution >= 4 is 17.9 Å². The van der Waals surface area contributed by atoms with Crippen molar-refractivity contribution in [3.05, 3.63) is 119 Å². The van der Waals surface area contributed by atoms with Gasteiger partial charge in [-0.25, -0.2) is 4.79 Å². The topological polar surface area (TPSA) is 116 Å². The van der Waals surface area contributed by atoms with Crippen LogP contribution in [-0.2, 0) is 23.9 Å². The third-order valence-corrected chi connectivity index (χ3v) is 7.66. The fourth-order valence-corrected chi connectivity index (χ4v) is 5.65. The smallest absolute Gasteiger partial charge is 0.475 e. The zero-order chi connectivity index (χ0) is 31.4. The normalized spacial score (nSPS) is 13.8. The summed E-state index contributed by atoms with van der Waals surface area (Å²) in [5, 5.41) is 7.12. The number of nitrogens with two attached hydrogens (primary N) is 1. The largest absolute Gasteiger partial charge is 0.490 e. The monoisotopic (exact) mass is 603 g/mol. The maximum absolute atomic E-state index is 12.7. The minimum absolute atomic E-state index is 0.0398. The number of aliphatic carboxylic acids is 1. The lowest BCUT2D eigenvalue weighted by Gasteiger charge is -2.17. The Kier molecular flexibility index (Phi) is 8.82. The van der Waals surface area contributed by atoms with Crippen LogP contribution in [0.4, 0.5) is 13.2 Å². The van der Waals surface area contributed by atoms with Gasteiger partial charge in [0.1, 0.15) is 19.3 Å². The molecule has 0 saturated heterocycles. The molecule has 7 nitrogen and oxygen atoms in total. The number of carboxylic acids is 1. The summed E-state index contributed by atoms with van der Waals surface area (Å²) < 4.78 is 42.9. The highest BCUT2D eigenvalue weighted by Crippen LogP contribution is 2.45. The number of rotatable bonds is 7. The average Bonchev–Trinajstić information content (AvgIpc) is 3.51. The predicted octanol–water partition coefficient (Wildman–Crippen LogP) is 6.05. The molecule has 0 unspecified atom stereocenters. The van der Waals surface area contributed by atoms with Gasteiger partial charge >= 0.3 is 24.1 Å². The second-order valence-corrected chi connectivity index (χ2v) is 10.4. The molecular weight excluding hydrogens is 575 g/mol. The fourth-order valence-electron chi connectivity index (χ4n) is 5.65. The van der Waals surface area contributed by atoms with Crippen molar-refractivity contribution in [2.45, 2.75) is 30.5 Å². The van der Waals surface area contributed by atoms with Gasteiger partial charge in [0.15, 0.2) is 0 Å². The molecule has 0 saturated carbocycles. The number of carbonyl (C=O) groups excluding carboxylic acids is 2. The van der Waals surface area contributed by atoms with Gasteiger partial charge in [0, 0.05) is 11.8 Å². The number of esters is 2. The second kappa shape index (κ2) is 12.7. The Balaban J connectivity index is 0.000000493. The maximum Gasteiger partial charge on any atom is 0.490 e. The van der Waals surface area contributed by atoms with Gasteiger partial charge in [0.2, 0.25) is 0 Å². The molecular formula is C34H28F3NO6. The Morgan fingerprint density at radius 2 is 0.977 bits per heavy atom. The van der Waals surface area contributed by atoms with Crippen LogP contribution in [0.15, 0.2) is 97.1 Å². The maximum atomic E-state index is 12.7. The van der Waals surface area contributed by atoms with E-state index < -0.39 is 30.1 Å². The van der Waals surface area contributed by atoms with Gasteiger partial charge in [-0.3, -0.25) is 9.59 Å². The molecule has 6 rings (SSSR count). The van der Waals surface area contributed by atoms with Crippen molar-refractivity contribution in [3.63, 3.8) is 0 Å². The van der Waals surface area contributed by atoms with Crippen LogP contribution < -0.4 is 5.73 Å². The lowest BCUT2D eigenvalue weighted by molar-refractivity contribution is -0.192. The number of carboxylic acid groups (broad SMARTS) is 1. The first-order valence-electron chi connectivity index (χ1n) is 13.8. The minimum Gasteiger partial charge on any atom is -0.475 e. The van der Waals surface area contributed by atoms with E-state index in [2.05, 4.69) is 48.5 Å². The Morgan fingerprint density at radius 3 is 1.32 bits per heavy atom. The Bertz CT molecular complexity index is 1610. The van der Waals surface area contributed by atoms with E-state index >= 15 is 0 Å². The molecule has 0 radical (unpaired) electrons. The molecule has 0 bridgehead atoms. The van der Waals surface area contributed by atoms with Gasteiger partial charge < -0.3 is 20.3 Å². The van der Waals surface area contributed by atoms with Gasteiger partial charge in [-0.15, -0.1) is 0 Å². The van der Waals surface area contributed by atoms with Crippen LogP contribution in [0.5, 0.6) is 0 Å². The summed E-state index contributed by atoms with van der Waals surface area (Å²) in [6, 6.07) is 31.5. The molecule has 3 N–H and O–H groups in total. The number of hydrogen-bond acceptors (Lipinski definition) is 6. The van der Waals surface area contributed by atoms with Crippen molar-refractivity contribution < 1.29 is 42.1 Å². The Morgan fingerprint density at radius 1 is 0.659 bits per heavy atom. The Labute approximate surface area is 251 Å². The first kappa shape index (κ1) is 30.5. The quantitative estimate of drug-likeness (QED) is 0.247. The van der Waals surface area contributed by atoms with Gasteiger partial charge in [-0.1, -0.05) is 97.1 Å². The van der Waals surface area contributed by atoms with Gasteiger partial charge in [-0.2, -0.15) is 13.2 Å². The molecule has 0 spiro atoms. The van der Waals surface area contributed by atoms with Crippen LogP contribution in [0.3, 0.4) is 0 Å². The number of hydrogen-bond donors (Lipinski definition) is 2. The standard InChI is InChI=1S/C32H27NO4.C2HF3O2/c33-30(32(35)37-19-29-26-15-7-3-11-22(26)23-12-4-8-16-27(23)29)17-31(34)36-18-28-24-13-5-1-9-20(24)21-10-2-6-14-25(21)28;3-2(4,5)1(6)7/h1-16,28-30H,17-19,33H2;(H,6,7)/t30-;/m1./s1. The summed E-state index contributed by atoms with van der Waals surface area (Å²) in [7, 11) is 0. The van der Waals surface area contributed by atoms with E-state index in [1.165, 1.54) is 0 Å². The summed E-state index contributed by atoms with van der Waals surface area (Å²) in [6.07, 6.45) is -5.31. The van der Waals surface area contributed by atoms with Crippen LogP contribution in [0.1, 0.15) is 40.5 Å². The highest BCUT2D eigenvalue weighted by atomic mass is 19.4. The number of carbonyl (C=O) groups is 3. The first-order chi connectivity index (χ1) is 21.1. The molecule has 1 atom stereocenters. The van der Waals surface area contributed by atoms with Crippen LogP contribution >= 0.6 is 0 Å². The van der Waals surface area contributed by atoms with E-state index in [0.29, 0.717) is 0 Å². The van der Waals surface area contributed by atoms with Crippen LogP contribution in [0.2, 0.25) is 0 Å². The molecule has 0 aliphatic heterocycles. The van der Waals surface area contributed by atoms with Crippen LogP contribution in [0.25, 0.3) is 22.3 Å². The SMILES string of the molecule is N[C@H](CC(=O)OCC1c2ccccc2-c2ccccc21)C(=O)OCC1c2ccccc2-c2ccccc21.O=C(O)C(F)(F)F. The lowest BCUT2D eigenvalue weighted by atomic mass is 9.98. The zero-order valence-corrected chi connectivity index (χ0v) is 23.3. The molecule has 44 heavy (non-hydrogen) atoms. The van der Waals surface area contributed by atoms with Crippen molar-refractivity contribution in [2.75, 3.05) is 13.2 Å². The van der Waals surface area contributed by atoms with Crippen molar-refractivity contribution in [2.24, 2.45) is 5.73 Å². The number of fused-ring (bicyclic) bond motifs is 6. The van der Waals surface area contributed by atoms with Gasteiger partial charge in [0.05, 0.1) is 6.42 Å². The number of halogens is 3.